The number of hydrogen-bond donors (Lipinski definition) is 1. The third-order valence-electron chi connectivity index (χ3n) is 4.21. The number of hydrogen-bond acceptors (Lipinski definition) is 3. The molecular formula is C18H19BrCl2F4N2O. The van der Waals surface area contributed by atoms with Crippen LogP contribution in [0.3, 0.4) is 0 Å². The van der Waals surface area contributed by atoms with E-state index in [2.05, 4.69) is 30.9 Å². The summed E-state index contributed by atoms with van der Waals surface area (Å²) in [5.41, 5.74) is 1.68. The molecule has 0 saturated carbocycles. The van der Waals surface area contributed by atoms with Crippen LogP contribution in [0.1, 0.15) is 17.2 Å². The van der Waals surface area contributed by atoms with Crippen LogP contribution < -0.4 is 10.1 Å². The van der Waals surface area contributed by atoms with Crippen molar-refractivity contribution in [2.75, 3.05) is 26.2 Å². The Labute approximate surface area is 181 Å². The van der Waals surface area contributed by atoms with Gasteiger partial charge in [0.2, 0.25) is 0 Å². The molecule has 3 nitrogen and oxygen atoms in total. The summed E-state index contributed by atoms with van der Waals surface area (Å²) < 4.78 is 55.0. The van der Waals surface area contributed by atoms with Crippen LogP contribution in [0.4, 0.5) is 17.6 Å². The smallest absolute Gasteiger partial charge is 0.406 e. The predicted octanol–water partition coefficient (Wildman–Crippen LogP) is 5.33. The zero-order chi connectivity index (χ0) is 18.7. The van der Waals surface area contributed by atoms with Crippen LogP contribution in [-0.2, 0) is 0 Å². The normalized spacial score (nSPS) is 15.9. The minimum atomic E-state index is -4.72. The van der Waals surface area contributed by atoms with Crippen LogP contribution in [0.25, 0.3) is 0 Å². The van der Waals surface area contributed by atoms with Gasteiger partial charge < -0.3 is 10.1 Å². The SMILES string of the molecule is Cl.Cl.Fc1ccc([C@@H](c2ccc(OC(F)(F)F)cc2)N2CCNCC2)cc1Br. The fraction of sp³-hybridized carbons (Fsp3) is 0.333. The summed E-state index contributed by atoms with van der Waals surface area (Å²) >= 11 is 3.20. The second-order valence-corrected chi connectivity index (χ2v) is 6.83. The van der Waals surface area contributed by atoms with E-state index in [9.17, 15) is 17.6 Å². The van der Waals surface area contributed by atoms with Crippen molar-refractivity contribution in [3.05, 3.63) is 63.9 Å². The lowest BCUT2D eigenvalue weighted by atomic mass is 9.96. The summed E-state index contributed by atoms with van der Waals surface area (Å²) in [5.74, 6) is -0.623. The average Bonchev–Trinajstić information content (AvgIpc) is 2.59. The maximum Gasteiger partial charge on any atom is 0.573 e. The molecule has 28 heavy (non-hydrogen) atoms. The van der Waals surface area contributed by atoms with E-state index in [1.165, 1.54) is 18.2 Å². The Morgan fingerprint density at radius 3 is 2.07 bits per heavy atom. The Kier molecular flexibility index (Phi) is 9.49. The lowest BCUT2D eigenvalue weighted by molar-refractivity contribution is -0.274. The Balaban J connectivity index is 0.00000196. The van der Waals surface area contributed by atoms with E-state index in [0.29, 0.717) is 4.47 Å². The largest absolute Gasteiger partial charge is 0.573 e. The summed E-state index contributed by atoms with van der Waals surface area (Å²) in [6.07, 6.45) is -4.72. The third kappa shape index (κ3) is 6.49. The number of rotatable bonds is 4. The van der Waals surface area contributed by atoms with Gasteiger partial charge >= 0.3 is 6.36 Å². The lowest BCUT2D eigenvalue weighted by Crippen LogP contribution is -2.45. The Morgan fingerprint density at radius 2 is 1.54 bits per heavy atom. The molecule has 2 aromatic rings. The maximum absolute atomic E-state index is 13.6. The van der Waals surface area contributed by atoms with Crippen LogP contribution in [0.5, 0.6) is 5.75 Å². The van der Waals surface area contributed by atoms with E-state index in [1.807, 2.05) is 0 Å². The van der Waals surface area contributed by atoms with Gasteiger partial charge in [-0.05, 0) is 51.3 Å². The zero-order valence-electron chi connectivity index (χ0n) is 14.5. The molecule has 0 radical (unpaired) electrons. The molecule has 1 aliphatic heterocycles. The molecule has 1 aliphatic rings. The van der Waals surface area contributed by atoms with E-state index < -0.39 is 6.36 Å². The molecule has 0 unspecified atom stereocenters. The van der Waals surface area contributed by atoms with E-state index in [0.717, 1.165) is 37.3 Å². The quantitative estimate of drug-likeness (QED) is 0.569. The van der Waals surface area contributed by atoms with Gasteiger partial charge in [0, 0.05) is 26.2 Å². The van der Waals surface area contributed by atoms with Crippen molar-refractivity contribution in [1.82, 2.24) is 10.2 Å². The summed E-state index contributed by atoms with van der Waals surface area (Å²) in [6, 6.07) is 10.4. The molecule has 1 atom stereocenters. The van der Waals surface area contributed by atoms with Crippen molar-refractivity contribution in [2.24, 2.45) is 0 Å². The predicted molar refractivity (Wildman–Crippen MR) is 108 cm³/mol. The number of ether oxygens (including phenoxy) is 1. The number of nitrogens with one attached hydrogen (secondary N) is 1. The average molecular weight is 506 g/mol. The van der Waals surface area contributed by atoms with E-state index >= 15 is 0 Å². The number of alkyl halides is 3. The molecule has 0 spiro atoms. The molecule has 0 aromatic heterocycles. The Morgan fingerprint density at radius 1 is 0.964 bits per heavy atom. The first-order valence-electron chi connectivity index (χ1n) is 8.09. The molecule has 0 amide bonds. The van der Waals surface area contributed by atoms with Crippen molar-refractivity contribution in [2.45, 2.75) is 12.4 Å². The van der Waals surface area contributed by atoms with Crippen LogP contribution >= 0.6 is 40.7 Å². The highest BCUT2D eigenvalue weighted by molar-refractivity contribution is 9.10. The molecular weight excluding hydrogens is 487 g/mol. The topological polar surface area (TPSA) is 24.5 Å². The lowest BCUT2D eigenvalue weighted by Gasteiger charge is -2.35. The summed E-state index contributed by atoms with van der Waals surface area (Å²) in [6.45, 7) is 3.18. The van der Waals surface area contributed by atoms with Gasteiger partial charge in [-0.25, -0.2) is 4.39 Å². The summed E-state index contributed by atoms with van der Waals surface area (Å²) in [7, 11) is 0. The van der Waals surface area contributed by atoms with Gasteiger partial charge in [-0.1, -0.05) is 18.2 Å². The monoisotopic (exact) mass is 504 g/mol. The molecule has 1 saturated heterocycles. The van der Waals surface area contributed by atoms with Crippen molar-refractivity contribution in [3.63, 3.8) is 0 Å². The molecule has 0 bridgehead atoms. The highest BCUT2D eigenvalue weighted by atomic mass is 79.9. The van der Waals surface area contributed by atoms with Gasteiger partial charge in [0.15, 0.2) is 0 Å². The molecule has 1 heterocycles. The van der Waals surface area contributed by atoms with Gasteiger partial charge in [-0.2, -0.15) is 0 Å². The number of piperazine rings is 1. The van der Waals surface area contributed by atoms with E-state index in [-0.39, 0.29) is 42.4 Å². The second-order valence-electron chi connectivity index (χ2n) is 5.98. The first-order valence-corrected chi connectivity index (χ1v) is 8.88. The molecule has 10 heteroatoms. The van der Waals surface area contributed by atoms with E-state index in [4.69, 9.17) is 0 Å². The molecule has 1 fully saturated rings. The number of benzene rings is 2. The fourth-order valence-corrected chi connectivity index (χ4v) is 3.49. The van der Waals surface area contributed by atoms with E-state index in [1.54, 1.807) is 24.3 Å². The van der Waals surface area contributed by atoms with Crippen LogP contribution in [0, 0.1) is 5.82 Å². The second kappa shape index (κ2) is 10.6. The molecule has 3 rings (SSSR count). The zero-order valence-corrected chi connectivity index (χ0v) is 17.7. The van der Waals surface area contributed by atoms with Crippen molar-refractivity contribution >= 4 is 40.7 Å². The highest BCUT2D eigenvalue weighted by Gasteiger charge is 2.31. The number of nitrogens with zero attached hydrogens (tertiary/aromatic N) is 1. The first-order chi connectivity index (χ1) is 12.3. The summed E-state index contributed by atoms with van der Waals surface area (Å²) in [4.78, 5) is 2.22. The third-order valence-corrected chi connectivity index (χ3v) is 4.81. The maximum atomic E-state index is 13.6. The Hall–Kier alpha value is -1.06. The van der Waals surface area contributed by atoms with Crippen LogP contribution in [0.2, 0.25) is 0 Å². The fourth-order valence-electron chi connectivity index (χ4n) is 3.09. The van der Waals surface area contributed by atoms with Crippen molar-refractivity contribution < 1.29 is 22.3 Å². The highest BCUT2D eigenvalue weighted by Crippen LogP contribution is 2.33. The summed E-state index contributed by atoms with van der Waals surface area (Å²) in [5, 5.41) is 3.27. The minimum Gasteiger partial charge on any atom is -0.406 e. The van der Waals surface area contributed by atoms with Gasteiger partial charge in [0.1, 0.15) is 11.6 Å². The molecule has 156 valence electrons. The van der Waals surface area contributed by atoms with Gasteiger partial charge in [0.05, 0.1) is 10.5 Å². The Bertz CT molecular complexity index is 756. The van der Waals surface area contributed by atoms with Crippen molar-refractivity contribution in [3.8, 4) is 5.75 Å². The standard InChI is InChI=1S/C18H17BrF4N2O.2ClH/c19-15-11-13(3-6-16(15)20)17(25-9-7-24-8-10-25)12-1-4-14(5-2-12)26-18(21,22)23;;/h1-6,11,17,24H,7-10H2;2*1H/t17-;;/m1../s1. The molecule has 2 aromatic carbocycles. The molecule has 1 N–H and O–H groups in total. The first kappa shape index (κ1) is 25.0. The number of halogens is 7. The van der Waals surface area contributed by atoms with Gasteiger partial charge in [-0.3, -0.25) is 4.90 Å². The van der Waals surface area contributed by atoms with Gasteiger partial charge in [0.25, 0.3) is 0 Å². The van der Waals surface area contributed by atoms with Crippen molar-refractivity contribution in [1.29, 1.82) is 0 Å². The molecule has 0 aliphatic carbocycles. The minimum absolute atomic E-state index is 0. The van der Waals surface area contributed by atoms with Crippen LogP contribution in [0.15, 0.2) is 46.9 Å². The van der Waals surface area contributed by atoms with Gasteiger partial charge in [-0.15, -0.1) is 38.0 Å². The van der Waals surface area contributed by atoms with Crippen LogP contribution in [-0.4, -0.2) is 37.4 Å².